The minimum atomic E-state index is -4.71. The normalized spacial score (nSPS) is 18.7. The number of halogens is 4. The first-order valence-electron chi connectivity index (χ1n) is 7.95. The number of alkyl halides is 3. The molecule has 24 heavy (non-hydrogen) atoms. The molecular formula is C17H22F4N2O. The fraction of sp³-hybridized carbons (Fsp3) is 0.588. The second-order valence-electron chi connectivity index (χ2n) is 6.83. The molecule has 0 saturated carbocycles. The average Bonchev–Trinajstić information content (AvgIpc) is 2.45. The lowest BCUT2D eigenvalue weighted by Crippen LogP contribution is -2.54. The maximum atomic E-state index is 13.4. The van der Waals surface area contributed by atoms with E-state index >= 15 is 0 Å². The molecule has 7 heteroatoms. The highest BCUT2D eigenvalue weighted by Crippen LogP contribution is 2.33. The van der Waals surface area contributed by atoms with Gasteiger partial charge >= 0.3 is 6.18 Å². The van der Waals surface area contributed by atoms with Crippen molar-refractivity contribution in [3.05, 3.63) is 35.1 Å². The predicted octanol–water partition coefficient (Wildman–Crippen LogP) is 3.84. The van der Waals surface area contributed by atoms with E-state index in [1.807, 2.05) is 6.92 Å². The fourth-order valence-corrected chi connectivity index (χ4v) is 2.95. The fourth-order valence-electron chi connectivity index (χ4n) is 2.95. The monoisotopic (exact) mass is 346 g/mol. The number of carbonyl (C=O) groups excluding carboxylic acids is 1. The van der Waals surface area contributed by atoms with Gasteiger partial charge in [-0.05, 0) is 51.8 Å². The van der Waals surface area contributed by atoms with Crippen LogP contribution in [0.3, 0.4) is 0 Å². The Labute approximate surface area is 139 Å². The maximum absolute atomic E-state index is 13.4. The Morgan fingerprint density at radius 1 is 1.25 bits per heavy atom. The molecule has 3 nitrogen and oxygen atoms in total. The van der Waals surface area contributed by atoms with E-state index in [1.165, 1.54) is 0 Å². The molecule has 0 unspecified atom stereocenters. The lowest BCUT2D eigenvalue weighted by molar-refractivity contribution is -0.138. The summed E-state index contributed by atoms with van der Waals surface area (Å²) in [4.78, 5) is 14.6. The first kappa shape index (κ1) is 18.7. The largest absolute Gasteiger partial charge is 0.417 e. The lowest BCUT2D eigenvalue weighted by atomic mass is 9.88. The van der Waals surface area contributed by atoms with E-state index in [2.05, 4.69) is 24.1 Å². The molecule has 1 aromatic rings. The summed E-state index contributed by atoms with van der Waals surface area (Å²) >= 11 is 0. The first-order valence-corrected chi connectivity index (χ1v) is 7.95. The van der Waals surface area contributed by atoms with Gasteiger partial charge in [-0.2, -0.15) is 13.2 Å². The van der Waals surface area contributed by atoms with Gasteiger partial charge in [0.05, 0.1) is 11.1 Å². The number of carbonyl (C=O) groups is 1. The van der Waals surface area contributed by atoms with Gasteiger partial charge in [-0.15, -0.1) is 0 Å². The Morgan fingerprint density at radius 2 is 1.83 bits per heavy atom. The van der Waals surface area contributed by atoms with Gasteiger partial charge in [-0.25, -0.2) is 4.39 Å². The molecule has 1 aliphatic heterocycles. The van der Waals surface area contributed by atoms with Crippen LogP contribution in [0.2, 0.25) is 0 Å². The predicted molar refractivity (Wildman–Crippen MR) is 83.2 cm³/mol. The van der Waals surface area contributed by atoms with E-state index < -0.39 is 34.6 Å². The quantitative estimate of drug-likeness (QED) is 0.844. The van der Waals surface area contributed by atoms with Crippen LogP contribution in [-0.4, -0.2) is 35.5 Å². The zero-order valence-electron chi connectivity index (χ0n) is 14.0. The molecule has 0 bridgehead atoms. The zero-order valence-corrected chi connectivity index (χ0v) is 14.0. The van der Waals surface area contributed by atoms with E-state index in [1.54, 1.807) is 0 Å². The Hall–Kier alpha value is -1.63. The third-order valence-electron chi connectivity index (χ3n) is 4.58. The van der Waals surface area contributed by atoms with Gasteiger partial charge in [0.2, 0.25) is 0 Å². The van der Waals surface area contributed by atoms with Gasteiger partial charge in [0, 0.05) is 24.7 Å². The second kappa shape index (κ2) is 6.70. The van der Waals surface area contributed by atoms with Gasteiger partial charge in [0.25, 0.3) is 5.91 Å². The first-order chi connectivity index (χ1) is 11.0. The van der Waals surface area contributed by atoms with E-state index in [0.717, 1.165) is 13.1 Å². The van der Waals surface area contributed by atoms with Crippen molar-refractivity contribution in [2.24, 2.45) is 0 Å². The van der Waals surface area contributed by atoms with E-state index in [-0.39, 0.29) is 0 Å². The average molecular weight is 346 g/mol. The SMILES string of the molecule is CC(C)N1CCC(C)(NC(=O)c2cc(F)ccc2C(F)(F)F)CC1. The highest BCUT2D eigenvalue weighted by molar-refractivity contribution is 5.96. The van der Waals surface area contributed by atoms with Crippen LogP contribution in [-0.2, 0) is 6.18 Å². The third kappa shape index (κ3) is 4.26. The third-order valence-corrected chi connectivity index (χ3v) is 4.58. The Bertz CT molecular complexity index is 605. The van der Waals surface area contributed by atoms with Crippen molar-refractivity contribution in [3.8, 4) is 0 Å². The number of nitrogens with zero attached hydrogens (tertiary/aromatic N) is 1. The summed E-state index contributed by atoms with van der Waals surface area (Å²) in [6.45, 7) is 7.47. The highest BCUT2D eigenvalue weighted by Gasteiger charge is 2.38. The molecule has 0 atom stereocenters. The van der Waals surface area contributed by atoms with Crippen LogP contribution in [0.5, 0.6) is 0 Å². The molecule has 0 aliphatic carbocycles. The summed E-state index contributed by atoms with van der Waals surface area (Å²) in [5.41, 5.74) is -2.39. The van der Waals surface area contributed by atoms with Crippen LogP contribution in [0.4, 0.5) is 17.6 Å². The molecule has 1 fully saturated rings. The summed E-state index contributed by atoms with van der Waals surface area (Å²) in [7, 11) is 0. The van der Waals surface area contributed by atoms with Crippen molar-refractivity contribution >= 4 is 5.91 Å². The molecule has 1 N–H and O–H groups in total. The number of hydrogen-bond acceptors (Lipinski definition) is 2. The molecule has 0 aromatic heterocycles. The maximum Gasteiger partial charge on any atom is 0.417 e. The molecule has 1 heterocycles. The van der Waals surface area contributed by atoms with Gasteiger partial charge in [0.1, 0.15) is 5.82 Å². The Balaban J connectivity index is 2.17. The molecule has 1 amide bonds. The number of hydrogen-bond donors (Lipinski definition) is 1. The summed E-state index contributed by atoms with van der Waals surface area (Å²) in [5, 5.41) is 2.68. The number of nitrogens with one attached hydrogen (secondary N) is 1. The van der Waals surface area contributed by atoms with Gasteiger partial charge in [0.15, 0.2) is 0 Å². The standard InChI is InChI=1S/C17H22F4N2O/c1-11(2)23-8-6-16(3,7-9-23)22-15(24)13-10-12(18)4-5-14(13)17(19,20)21/h4-5,10-11H,6-9H2,1-3H3,(H,22,24). The molecule has 0 radical (unpaired) electrons. The molecular weight excluding hydrogens is 324 g/mol. The number of amides is 1. The van der Waals surface area contributed by atoms with Crippen molar-refractivity contribution in [1.82, 2.24) is 10.2 Å². The van der Waals surface area contributed by atoms with Crippen LogP contribution in [0.15, 0.2) is 18.2 Å². The molecule has 1 saturated heterocycles. The number of benzene rings is 1. The topological polar surface area (TPSA) is 32.3 Å². The number of likely N-dealkylation sites (tertiary alicyclic amines) is 1. The second-order valence-corrected chi connectivity index (χ2v) is 6.83. The number of piperidine rings is 1. The van der Waals surface area contributed by atoms with Gasteiger partial charge in [-0.1, -0.05) is 0 Å². The summed E-state index contributed by atoms with van der Waals surface area (Å²) in [6.07, 6.45) is -3.44. The minimum Gasteiger partial charge on any atom is -0.347 e. The summed E-state index contributed by atoms with van der Waals surface area (Å²) in [5.74, 6) is -1.75. The molecule has 1 aliphatic rings. The van der Waals surface area contributed by atoms with Crippen molar-refractivity contribution in [3.63, 3.8) is 0 Å². The smallest absolute Gasteiger partial charge is 0.347 e. The van der Waals surface area contributed by atoms with Crippen LogP contribution < -0.4 is 5.32 Å². The summed E-state index contributed by atoms with van der Waals surface area (Å²) < 4.78 is 52.5. The van der Waals surface area contributed by atoms with Crippen LogP contribution >= 0.6 is 0 Å². The van der Waals surface area contributed by atoms with Crippen molar-refractivity contribution < 1.29 is 22.4 Å². The van der Waals surface area contributed by atoms with Crippen LogP contribution in [0.25, 0.3) is 0 Å². The van der Waals surface area contributed by atoms with E-state index in [4.69, 9.17) is 0 Å². The summed E-state index contributed by atoms with van der Waals surface area (Å²) in [6, 6.07) is 2.34. The molecule has 134 valence electrons. The van der Waals surface area contributed by atoms with Gasteiger partial charge in [-0.3, -0.25) is 4.79 Å². The van der Waals surface area contributed by atoms with E-state index in [0.29, 0.717) is 37.1 Å². The van der Waals surface area contributed by atoms with Crippen LogP contribution in [0.1, 0.15) is 49.5 Å². The number of rotatable bonds is 3. The zero-order chi connectivity index (χ0) is 18.1. The van der Waals surface area contributed by atoms with E-state index in [9.17, 15) is 22.4 Å². The van der Waals surface area contributed by atoms with Crippen molar-refractivity contribution in [2.45, 2.75) is 51.4 Å². The molecule has 2 rings (SSSR count). The lowest BCUT2D eigenvalue weighted by Gasteiger charge is -2.41. The van der Waals surface area contributed by atoms with Crippen molar-refractivity contribution in [1.29, 1.82) is 0 Å². The minimum absolute atomic E-state index is 0.380. The van der Waals surface area contributed by atoms with Crippen molar-refractivity contribution in [2.75, 3.05) is 13.1 Å². The molecule has 0 spiro atoms. The highest BCUT2D eigenvalue weighted by atomic mass is 19.4. The molecule has 1 aromatic carbocycles. The Kier molecular flexibility index (Phi) is 5.22. The van der Waals surface area contributed by atoms with Gasteiger partial charge < -0.3 is 10.2 Å². The van der Waals surface area contributed by atoms with Crippen LogP contribution in [0, 0.1) is 5.82 Å². The Morgan fingerprint density at radius 3 is 2.33 bits per heavy atom.